The van der Waals surface area contributed by atoms with Gasteiger partial charge in [-0.15, -0.1) is 0 Å². The lowest BCUT2D eigenvalue weighted by Gasteiger charge is -2.35. The zero-order valence-electron chi connectivity index (χ0n) is 13.3. The normalized spacial score (nSPS) is 20.2. The summed E-state index contributed by atoms with van der Waals surface area (Å²) >= 11 is 3.66. The smallest absolute Gasteiger partial charge is 0.125 e. The van der Waals surface area contributed by atoms with Gasteiger partial charge in [0, 0.05) is 23.5 Å². The molecule has 0 spiro atoms. The number of fused-ring (bicyclic) bond motifs is 1. The van der Waals surface area contributed by atoms with Crippen LogP contribution in [0.2, 0.25) is 0 Å². The molecular weight excluding hydrogens is 326 g/mol. The number of benzene rings is 1. The van der Waals surface area contributed by atoms with Crippen LogP contribution in [-0.2, 0) is 12.8 Å². The van der Waals surface area contributed by atoms with Crippen LogP contribution >= 0.6 is 15.9 Å². The van der Waals surface area contributed by atoms with Gasteiger partial charge in [-0.25, -0.2) is 0 Å². The molecule has 1 unspecified atom stereocenters. The summed E-state index contributed by atoms with van der Waals surface area (Å²) in [7, 11) is 0. The van der Waals surface area contributed by atoms with Crippen LogP contribution in [0.5, 0.6) is 5.75 Å². The molecule has 2 nitrogen and oxygen atoms in total. The molecule has 0 bridgehead atoms. The third-order valence-electron chi connectivity index (χ3n) is 5.19. The minimum absolute atomic E-state index is 0.267. The Bertz CT molecular complexity index is 524. The molecule has 0 aromatic heterocycles. The van der Waals surface area contributed by atoms with Crippen molar-refractivity contribution in [1.29, 1.82) is 0 Å². The van der Waals surface area contributed by atoms with Gasteiger partial charge >= 0.3 is 0 Å². The number of hydrogen-bond donors (Lipinski definition) is 1. The molecule has 3 heteroatoms. The van der Waals surface area contributed by atoms with Crippen LogP contribution in [0.4, 0.5) is 0 Å². The van der Waals surface area contributed by atoms with Crippen molar-refractivity contribution in [2.75, 3.05) is 13.2 Å². The summed E-state index contributed by atoms with van der Waals surface area (Å²) in [5.74, 6) is 1.79. The molecule has 1 aromatic carbocycles. The highest BCUT2D eigenvalue weighted by Crippen LogP contribution is 2.39. The van der Waals surface area contributed by atoms with Crippen LogP contribution in [0.3, 0.4) is 0 Å². The Morgan fingerprint density at radius 3 is 2.81 bits per heavy atom. The first-order valence-electron chi connectivity index (χ1n) is 8.15. The quantitative estimate of drug-likeness (QED) is 0.822. The van der Waals surface area contributed by atoms with Gasteiger partial charge in [0.2, 0.25) is 0 Å². The van der Waals surface area contributed by atoms with Crippen LogP contribution in [0.25, 0.3) is 0 Å². The van der Waals surface area contributed by atoms with Crippen molar-refractivity contribution in [1.82, 2.24) is 5.32 Å². The van der Waals surface area contributed by atoms with E-state index < -0.39 is 0 Å². The largest absolute Gasteiger partial charge is 0.493 e. The molecule has 1 aliphatic carbocycles. The number of rotatable bonds is 6. The van der Waals surface area contributed by atoms with E-state index in [2.05, 4.69) is 54.2 Å². The Kier molecular flexibility index (Phi) is 4.33. The molecule has 1 saturated carbocycles. The van der Waals surface area contributed by atoms with Gasteiger partial charge in [-0.1, -0.05) is 36.7 Å². The molecule has 2 aliphatic rings. The van der Waals surface area contributed by atoms with Gasteiger partial charge in [-0.2, -0.15) is 0 Å². The summed E-state index contributed by atoms with van der Waals surface area (Å²) in [5.41, 5.74) is 3.00. The molecule has 116 valence electrons. The highest BCUT2D eigenvalue weighted by Gasteiger charge is 2.33. The third kappa shape index (κ3) is 3.45. The van der Waals surface area contributed by atoms with Crippen molar-refractivity contribution >= 4 is 15.9 Å². The lowest BCUT2D eigenvalue weighted by Crippen LogP contribution is -2.38. The molecule has 1 aromatic rings. The SMILES string of the molecule is CC(C)C(C)(CNC1CC1)Cc1cc(Br)cc2c1OCC2. The average Bonchev–Trinajstić information content (AvgIpc) is 3.13. The summed E-state index contributed by atoms with van der Waals surface area (Å²) in [5, 5.41) is 3.73. The fourth-order valence-corrected chi connectivity index (χ4v) is 3.60. The van der Waals surface area contributed by atoms with Crippen LogP contribution in [-0.4, -0.2) is 19.2 Å². The standard InChI is InChI=1S/C18H26BrNO/c1-12(2)18(3,11-20-16-4-5-16)10-14-9-15(19)8-13-6-7-21-17(13)14/h8-9,12,16,20H,4-7,10-11H2,1-3H3. The predicted octanol–water partition coefficient (Wildman–Crippen LogP) is 4.34. The van der Waals surface area contributed by atoms with E-state index in [1.807, 2.05) is 0 Å². The zero-order valence-corrected chi connectivity index (χ0v) is 14.9. The minimum atomic E-state index is 0.267. The van der Waals surface area contributed by atoms with Crippen molar-refractivity contribution in [3.05, 3.63) is 27.7 Å². The van der Waals surface area contributed by atoms with Crippen LogP contribution in [0.15, 0.2) is 16.6 Å². The van der Waals surface area contributed by atoms with E-state index in [1.54, 1.807) is 0 Å². The number of halogens is 1. The van der Waals surface area contributed by atoms with Gasteiger partial charge < -0.3 is 10.1 Å². The summed E-state index contributed by atoms with van der Waals surface area (Å²) in [6, 6.07) is 5.23. The van der Waals surface area contributed by atoms with E-state index in [4.69, 9.17) is 4.74 Å². The average molecular weight is 352 g/mol. The van der Waals surface area contributed by atoms with E-state index in [0.717, 1.165) is 37.8 Å². The van der Waals surface area contributed by atoms with Crippen molar-refractivity contribution < 1.29 is 4.74 Å². The second-order valence-corrected chi connectivity index (χ2v) is 8.21. The summed E-state index contributed by atoms with van der Waals surface area (Å²) in [6.07, 6.45) is 4.82. The Balaban J connectivity index is 1.82. The maximum absolute atomic E-state index is 5.91. The number of ether oxygens (including phenoxy) is 1. The van der Waals surface area contributed by atoms with E-state index in [-0.39, 0.29) is 5.41 Å². The van der Waals surface area contributed by atoms with Crippen LogP contribution in [0.1, 0.15) is 44.7 Å². The fourth-order valence-electron chi connectivity index (χ4n) is 3.05. The second-order valence-electron chi connectivity index (χ2n) is 7.29. The Morgan fingerprint density at radius 2 is 2.14 bits per heavy atom. The first-order chi connectivity index (χ1) is 9.98. The Hall–Kier alpha value is -0.540. The molecule has 0 radical (unpaired) electrons. The molecule has 0 saturated heterocycles. The molecule has 1 fully saturated rings. The highest BCUT2D eigenvalue weighted by atomic mass is 79.9. The van der Waals surface area contributed by atoms with Gasteiger partial charge in [0.25, 0.3) is 0 Å². The number of hydrogen-bond acceptors (Lipinski definition) is 2. The van der Waals surface area contributed by atoms with E-state index in [9.17, 15) is 0 Å². The first kappa shape index (κ1) is 15.4. The van der Waals surface area contributed by atoms with Crippen molar-refractivity contribution in [3.63, 3.8) is 0 Å². The van der Waals surface area contributed by atoms with Crippen LogP contribution in [0, 0.1) is 11.3 Å². The third-order valence-corrected chi connectivity index (χ3v) is 5.64. The highest BCUT2D eigenvalue weighted by molar-refractivity contribution is 9.10. The maximum atomic E-state index is 5.91. The fraction of sp³-hybridized carbons (Fsp3) is 0.667. The lowest BCUT2D eigenvalue weighted by molar-refractivity contribution is 0.204. The van der Waals surface area contributed by atoms with E-state index in [1.165, 1.54) is 28.4 Å². The zero-order chi connectivity index (χ0) is 15.0. The van der Waals surface area contributed by atoms with Gasteiger partial charge in [0.1, 0.15) is 5.75 Å². The van der Waals surface area contributed by atoms with E-state index >= 15 is 0 Å². The van der Waals surface area contributed by atoms with Crippen molar-refractivity contribution in [2.24, 2.45) is 11.3 Å². The molecule has 1 aliphatic heterocycles. The molecule has 3 rings (SSSR count). The first-order valence-corrected chi connectivity index (χ1v) is 8.95. The van der Waals surface area contributed by atoms with Crippen LogP contribution < -0.4 is 10.1 Å². The molecular formula is C18H26BrNO. The molecule has 1 atom stereocenters. The Morgan fingerprint density at radius 1 is 1.38 bits per heavy atom. The minimum Gasteiger partial charge on any atom is -0.493 e. The molecule has 1 heterocycles. The van der Waals surface area contributed by atoms with E-state index in [0.29, 0.717) is 5.92 Å². The lowest BCUT2D eigenvalue weighted by atomic mass is 9.74. The van der Waals surface area contributed by atoms with Gasteiger partial charge in [-0.05, 0) is 53.9 Å². The van der Waals surface area contributed by atoms with Gasteiger partial charge in [-0.3, -0.25) is 0 Å². The number of nitrogens with one attached hydrogen (secondary N) is 1. The summed E-state index contributed by atoms with van der Waals surface area (Å²) in [6.45, 7) is 9.02. The summed E-state index contributed by atoms with van der Waals surface area (Å²) in [4.78, 5) is 0. The molecule has 0 amide bonds. The maximum Gasteiger partial charge on any atom is 0.125 e. The van der Waals surface area contributed by atoms with Gasteiger partial charge in [0.15, 0.2) is 0 Å². The molecule has 21 heavy (non-hydrogen) atoms. The second kappa shape index (κ2) is 5.92. The van der Waals surface area contributed by atoms with Crippen molar-refractivity contribution in [2.45, 2.75) is 52.5 Å². The Labute approximate surface area is 136 Å². The topological polar surface area (TPSA) is 21.3 Å². The van der Waals surface area contributed by atoms with Gasteiger partial charge in [0.05, 0.1) is 6.61 Å². The molecule has 1 N–H and O–H groups in total. The van der Waals surface area contributed by atoms with Crippen molar-refractivity contribution in [3.8, 4) is 5.75 Å². The summed E-state index contributed by atoms with van der Waals surface area (Å²) < 4.78 is 7.09. The monoisotopic (exact) mass is 351 g/mol. The predicted molar refractivity (Wildman–Crippen MR) is 91.0 cm³/mol.